The lowest BCUT2D eigenvalue weighted by atomic mass is 10.1. The predicted molar refractivity (Wildman–Crippen MR) is 129 cm³/mol. The lowest BCUT2D eigenvalue weighted by molar-refractivity contribution is 0.0958. The minimum atomic E-state index is -0.447. The second kappa shape index (κ2) is 9.43. The van der Waals surface area contributed by atoms with Crippen molar-refractivity contribution < 1.29 is 9.18 Å². The smallest absolute Gasteiger partial charge is 0.269 e. The van der Waals surface area contributed by atoms with Gasteiger partial charge in [-0.15, -0.1) is 0 Å². The van der Waals surface area contributed by atoms with E-state index in [1.165, 1.54) is 19.2 Å². The molecule has 1 saturated heterocycles. The van der Waals surface area contributed by atoms with Gasteiger partial charge in [-0.25, -0.2) is 14.4 Å². The summed E-state index contributed by atoms with van der Waals surface area (Å²) in [7, 11) is 1.53. The molecule has 2 aromatic heterocycles. The molecule has 0 unspecified atom stereocenters. The van der Waals surface area contributed by atoms with E-state index in [0.717, 1.165) is 51.1 Å². The van der Waals surface area contributed by atoms with Crippen molar-refractivity contribution in [3.05, 3.63) is 63.7 Å². The van der Waals surface area contributed by atoms with E-state index in [1.54, 1.807) is 18.2 Å². The van der Waals surface area contributed by atoms with Crippen molar-refractivity contribution in [2.75, 3.05) is 38.1 Å². The number of aromatic amines is 1. The van der Waals surface area contributed by atoms with Gasteiger partial charge in [0.1, 0.15) is 23.4 Å². The molecule has 1 saturated carbocycles. The summed E-state index contributed by atoms with van der Waals surface area (Å²) in [6.07, 6.45) is 2.85. The summed E-state index contributed by atoms with van der Waals surface area (Å²) in [4.78, 5) is 40.6. The van der Waals surface area contributed by atoms with Gasteiger partial charge < -0.3 is 15.2 Å². The normalized spacial score (nSPS) is 20.7. The topological polar surface area (TPSA) is 118 Å². The Kier molecular flexibility index (Phi) is 6.17. The van der Waals surface area contributed by atoms with Gasteiger partial charge in [0.25, 0.3) is 11.5 Å². The Labute approximate surface area is 201 Å². The number of nitriles is 1. The number of hydrogen-bond donors (Lipinski definition) is 2. The highest BCUT2D eigenvalue weighted by Gasteiger charge is 2.33. The van der Waals surface area contributed by atoms with Crippen LogP contribution in [-0.4, -0.2) is 65.0 Å². The number of fused-ring (bicyclic) bond motifs is 1. The first-order chi connectivity index (χ1) is 17.0. The fourth-order valence-corrected chi connectivity index (χ4v) is 5.23. The average molecular weight is 476 g/mol. The quantitative estimate of drug-likeness (QED) is 0.594. The van der Waals surface area contributed by atoms with Crippen molar-refractivity contribution in [2.24, 2.45) is 0 Å². The molecule has 2 N–H and O–H groups in total. The summed E-state index contributed by atoms with van der Waals surface area (Å²) in [5.74, 6) is 0.0729. The standard InChI is InChI=1S/C25H26FN7O2/c1-28-25(35)20-6-7-22(21(14-27)29-20)33-10-8-32(9-11-33)17-4-2-15(12-17)23-30-19-5-3-16(26)13-18(19)24(34)31-23/h3,5-7,13,15,17H,2,4,8-12H2,1H3,(H,28,35)(H,30,31,34)/t15-,17+/m1/s1. The van der Waals surface area contributed by atoms with Gasteiger partial charge in [-0.3, -0.25) is 14.5 Å². The summed E-state index contributed by atoms with van der Waals surface area (Å²) in [6.45, 7) is 3.21. The Morgan fingerprint density at radius 2 is 1.97 bits per heavy atom. The molecular weight excluding hydrogens is 449 g/mol. The van der Waals surface area contributed by atoms with Gasteiger partial charge in [0, 0.05) is 45.2 Å². The second-order valence-corrected chi connectivity index (χ2v) is 9.05. The minimum absolute atomic E-state index is 0.159. The maximum absolute atomic E-state index is 13.5. The van der Waals surface area contributed by atoms with Crippen LogP contribution < -0.4 is 15.8 Å². The molecule has 3 aromatic rings. The molecule has 35 heavy (non-hydrogen) atoms. The Bertz CT molecular complexity index is 1370. The molecule has 5 rings (SSSR count). The Hall–Kier alpha value is -3.84. The van der Waals surface area contributed by atoms with Crippen LogP contribution >= 0.6 is 0 Å². The molecule has 180 valence electrons. The van der Waals surface area contributed by atoms with Crippen molar-refractivity contribution in [3.63, 3.8) is 0 Å². The number of aromatic nitrogens is 3. The molecule has 2 fully saturated rings. The van der Waals surface area contributed by atoms with E-state index in [-0.39, 0.29) is 34.2 Å². The number of amides is 1. The van der Waals surface area contributed by atoms with E-state index in [9.17, 15) is 19.2 Å². The number of nitrogens with zero attached hydrogens (tertiary/aromatic N) is 5. The van der Waals surface area contributed by atoms with Gasteiger partial charge in [0.15, 0.2) is 5.69 Å². The Morgan fingerprint density at radius 1 is 1.17 bits per heavy atom. The molecule has 0 radical (unpaired) electrons. The summed E-state index contributed by atoms with van der Waals surface area (Å²) < 4.78 is 13.5. The number of anilines is 1. The van der Waals surface area contributed by atoms with Crippen molar-refractivity contribution in [1.82, 2.24) is 25.2 Å². The second-order valence-electron chi connectivity index (χ2n) is 9.05. The van der Waals surface area contributed by atoms with E-state index < -0.39 is 5.82 Å². The van der Waals surface area contributed by atoms with Crippen LogP contribution in [0.4, 0.5) is 10.1 Å². The number of carbonyl (C=O) groups is 1. The third-order valence-electron chi connectivity index (χ3n) is 7.09. The summed E-state index contributed by atoms with van der Waals surface area (Å²) in [5, 5.41) is 12.4. The van der Waals surface area contributed by atoms with E-state index in [4.69, 9.17) is 0 Å². The first-order valence-electron chi connectivity index (χ1n) is 11.8. The molecular formula is C25H26FN7O2. The molecule has 2 aliphatic rings. The number of pyridine rings is 1. The molecule has 2 atom stereocenters. The zero-order valence-corrected chi connectivity index (χ0v) is 19.4. The van der Waals surface area contributed by atoms with Crippen LogP contribution in [0.3, 0.4) is 0 Å². The largest absolute Gasteiger partial charge is 0.367 e. The van der Waals surface area contributed by atoms with Crippen LogP contribution in [0.1, 0.15) is 47.2 Å². The molecule has 1 aliphatic heterocycles. The molecule has 1 aliphatic carbocycles. The fraction of sp³-hybridized carbons (Fsp3) is 0.400. The zero-order valence-electron chi connectivity index (χ0n) is 19.4. The number of hydrogen-bond acceptors (Lipinski definition) is 7. The predicted octanol–water partition coefficient (Wildman–Crippen LogP) is 2.15. The van der Waals surface area contributed by atoms with Gasteiger partial charge in [0.2, 0.25) is 0 Å². The van der Waals surface area contributed by atoms with Gasteiger partial charge in [0.05, 0.1) is 16.6 Å². The molecule has 1 aromatic carbocycles. The van der Waals surface area contributed by atoms with Gasteiger partial charge in [-0.2, -0.15) is 5.26 Å². The maximum atomic E-state index is 13.5. The Morgan fingerprint density at radius 3 is 2.71 bits per heavy atom. The number of nitrogens with one attached hydrogen (secondary N) is 2. The van der Waals surface area contributed by atoms with Crippen LogP contribution in [0.2, 0.25) is 0 Å². The number of piperazine rings is 1. The molecule has 9 nitrogen and oxygen atoms in total. The highest BCUT2D eigenvalue weighted by atomic mass is 19.1. The molecule has 10 heteroatoms. The summed E-state index contributed by atoms with van der Waals surface area (Å²) in [5.41, 5.74) is 1.46. The number of benzene rings is 1. The third-order valence-corrected chi connectivity index (χ3v) is 7.09. The van der Waals surface area contributed by atoms with Crippen molar-refractivity contribution in [2.45, 2.75) is 31.2 Å². The third kappa shape index (κ3) is 4.47. The number of H-pyrrole nitrogens is 1. The fourth-order valence-electron chi connectivity index (χ4n) is 5.23. The first kappa shape index (κ1) is 22.9. The van der Waals surface area contributed by atoms with E-state index in [2.05, 4.69) is 36.1 Å². The highest BCUT2D eigenvalue weighted by molar-refractivity contribution is 5.92. The van der Waals surface area contributed by atoms with E-state index in [0.29, 0.717) is 17.4 Å². The molecule has 1 amide bonds. The van der Waals surface area contributed by atoms with Gasteiger partial charge in [-0.05, 0) is 49.6 Å². The van der Waals surface area contributed by atoms with Gasteiger partial charge in [-0.1, -0.05) is 0 Å². The maximum Gasteiger partial charge on any atom is 0.269 e. The van der Waals surface area contributed by atoms with Crippen molar-refractivity contribution in [3.8, 4) is 6.07 Å². The van der Waals surface area contributed by atoms with E-state index in [1.807, 2.05) is 0 Å². The Balaban J connectivity index is 1.24. The monoisotopic (exact) mass is 475 g/mol. The van der Waals surface area contributed by atoms with Crippen LogP contribution in [0, 0.1) is 17.1 Å². The molecule has 3 heterocycles. The SMILES string of the molecule is CNC(=O)c1ccc(N2CCN([C@H]3CC[C@@H](c4nc5ccc(F)cc5c(=O)[nH]4)C3)CC2)c(C#N)n1. The summed E-state index contributed by atoms with van der Waals surface area (Å²) >= 11 is 0. The number of carbonyl (C=O) groups excluding carboxylic acids is 1. The molecule has 0 spiro atoms. The number of halogens is 1. The highest BCUT2D eigenvalue weighted by Crippen LogP contribution is 2.36. The average Bonchev–Trinajstić information content (AvgIpc) is 3.39. The number of rotatable bonds is 4. The van der Waals surface area contributed by atoms with Crippen LogP contribution in [0.5, 0.6) is 0 Å². The summed E-state index contributed by atoms with van der Waals surface area (Å²) in [6, 6.07) is 10.1. The van der Waals surface area contributed by atoms with Crippen molar-refractivity contribution >= 4 is 22.5 Å². The molecule has 0 bridgehead atoms. The van der Waals surface area contributed by atoms with E-state index >= 15 is 0 Å². The van der Waals surface area contributed by atoms with Gasteiger partial charge >= 0.3 is 0 Å². The van der Waals surface area contributed by atoms with Crippen LogP contribution in [-0.2, 0) is 0 Å². The zero-order chi connectivity index (χ0) is 24.5. The minimum Gasteiger partial charge on any atom is -0.367 e. The first-order valence-corrected chi connectivity index (χ1v) is 11.8. The van der Waals surface area contributed by atoms with Crippen molar-refractivity contribution in [1.29, 1.82) is 5.26 Å². The van der Waals surface area contributed by atoms with Crippen LogP contribution in [0.25, 0.3) is 10.9 Å². The lowest BCUT2D eigenvalue weighted by Crippen LogP contribution is -2.50. The lowest BCUT2D eigenvalue weighted by Gasteiger charge is -2.39. The van der Waals surface area contributed by atoms with Crippen LogP contribution in [0.15, 0.2) is 35.1 Å².